The van der Waals surface area contributed by atoms with Crippen molar-refractivity contribution in [3.8, 4) is 5.69 Å². The number of carbonyl (C=O) groups is 2. The van der Waals surface area contributed by atoms with Crippen LogP contribution in [0.5, 0.6) is 0 Å². The van der Waals surface area contributed by atoms with Crippen molar-refractivity contribution in [1.82, 2.24) is 19.6 Å². The highest BCUT2D eigenvalue weighted by molar-refractivity contribution is 6.31. The summed E-state index contributed by atoms with van der Waals surface area (Å²) in [6.45, 7) is 4.40. The lowest BCUT2D eigenvalue weighted by Crippen LogP contribution is -2.52. The minimum atomic E-state index is 0.0251. The van der Waals surface area contributed by atoms with Gasteiger partial charge in [-0.2, -0.15) is 5.10 Å². The third-order valence-corrected chi connectivity index (χ3v) is 7.14. The summed E-state index contributed by atoms with van der Waals surface area (Å²) in [5.41, 5.74) is 3.59. The summed E-state index contributed by atoms with van der Waals surface area (Å²) in [7, 11) is 0. The van der Waals surface area contributed by atoms with Crippen LogP contribution in [0.4, 0.5) is 0 Å². The molecular formula is C23H27ClN4O2. The minimum Gasteiger partial charge on any atom is -0.339 e. The van der Waals surface area contributed by atoms with Crippen LogP contribution in [-0.2, 0) is 4.79 Å². The topological polar surface area (TPSA) is 58.4 Å². The van der Waals surface area contributed by atoms with Gasteiger partial charge < -0.3 is 9.80 Å². The summed E-state index contributed by atoms with van der Waals surface area (Å²) in [5, 5.41) is 5.26. The van der Waals surface area contributed by atoms with Crippen LogP contribution >= 0.6 is 11.6 Å². The van der Waals surface area contributed by atoms with E-state index in [0.717, 1.165) is 49.0 Å². The molecule has 1 aliphatic heterocycles. The van der Waals surface area contributed by atoms with E-state index in [9.17, 15) is 9.59 Å². The first-order valence-corrected chi connectivity index (χ1v) is 11.3. The molecule has 1 saturated heterocycles. The van der Waals surface area contributed by atoms with Crippen LogP contribution < -0.4 is 0 Å². The third kappa shape index (κ3) is 3.51. The van der Waals surface area contributed by atoms with Gasteiger partial charge in [0.1, 0.15) is 0 Å². The zero-order valence-corrected chi connectivity index (χ0v) is 18.1. The largest absolute Gasteiger partial charge is 0.339 e. The SMILES string of the molecule is Cc1ccc(-n2ncc(C(=O)N3CCN(C(=O)C4CCC4)CC3)c2C2CC2)cc1Cl. The van der Waals surface area contributed by atoms with E-state index < -0.39 is 0 Å². The monoisotopic (exact) mass is 426 g/mol. The number of hydrogen-bond donors (Lipinski definition) is 0. The number of nitrogens with zero attached hydrogens (tertiary/aromatic N) is 4. The molecule has 3 aliphatic rings. The third-order valence-electron chi connectivity index (χ3n) is 6.73. The van der Waals surface area contributed by atoms with E-state index in [-0.39, 0.29) is 17.7 Å². The summed E-state index contributed by atoms with van der Waals surface area (Å²) in [6, 6.07) is 5.89. The highest BCUT2D eigenvalue weighted by atomic mass is 35.5. The Morgan fingerprint density at radius 2 is 1.73 bits per heavy atom. The molecule has 0 atom stereocenters. The van der Waals surface area contributed by atoms with Crippen molar-refractivity contribution < 1.29 is 9.59 Å². The Morgan fingerprint density at radius 1 is 1.03 bits per heavy atom. The van der Waals surface area contributed by atoms with Crippen LogP contribution in [0.1, 0.15) is 59.6 Å². The van der Waals surface area contributed by atoms with Gasteiger partial charge in [0, 0.05) is 43.0 Å². The van der Waals surface area contributed by atoms with E-state index in [0.29, 0.717) is 42.7 Å². The number of benzene rings is 1. The molecule has 2 aromatic rings. The maximum atomic E-state index is 13.3. The Kier molecular flexibility index (Phi) is 5.05. The van der Waals surface area contributed by atoms with Crippen molar-refractivity contribution in [2.24, 2.45) is 5.92 Å². The molecule has 1 aromatic heterocycles. The highest BCUT2D eigenvalue weighted by Crippen LogP contribution is 2.43. The summed E-state index contributed by atoms with van der Waals surface area (Å²) in [4.78, 5) is 29.6. The molecule has 0 radical (unpaired) electrons. The van der Waals surface area contributed by atoms with E-state index in [1.54, 1.807) is 6.20 Å². The number of halogens is 1. The Balaban J connectivity index is 1.34. The molecule has 2 saturated carbocycles. The molecule has 2 heterocycles. The van der Waals surface area contributed by atoms with Crippen LogP contribution in [0.3, 0.4) is 0 Å². The Labute approximate surface area is 181 Å². The van der Waals surface area contributed by atoms with E-state index in [1.807, 2.05) is 39.6 Å². The standard InChI is InChI=1S/C23H27ClN4O2/c1-15-5-8-18(13-20(15)24)28-21(16-6-7-16)19(14-25-28)23(30)27-11-9-26(10-12-27)22(29)17-3-2-4-17/h5,8,13-14,16-17H,2-4,6-7,9-12H2,1H3. The number of amides is 2. The van der Waals surface area contributed by atoms with Crippen molar-refractivity contribution in [2.75, 3.05) is 26.2 Å². The quantitative estimate of drug-likeness (QED) is 0.747. The van der Waals surface area contributed by atoms with Crippen molar-refractivity contribution in [3.63, 3.8) is 0 Å². The molecule has 6 nitrogen and oxygen atoms in total. The van der Waals surface area contributed by atoms with Crippen LogP contribution in [0, 0.1) is 12.8 Å². The first-order chi connectivity index (χ1) is 14.5. The molecule has 0 N–H and O–H groups in total. The van der Waals surface area contributed by atoms with Gasteiger partial charge in [-0.05, 0) is 50.3 Å². The number of rotatable bonds is 4. The van der Waals surface area contributed by atoms with Crippen LogP contribution in [0.2, 0.25) is 5.02 Å². The molecule has 0 unspecified atom stereocenters. The van der Waals surface area contributed by atoms with Gasteiger partial charge in [0.15, 0.2) is 0 Å². The first-order valence-electron chi connectivity index (χ1n) is 11.0. The van der Waals surface area contributed by atoms with Crippen molar-refractivity contribution >= 4 is 23.4 Å². The van der Waals surface area contributed by atoms with Gasteiger partial charge in [0.2, 0.25) is 5.91 Å². The number of piperazine rings is 1. The number of aromatic nitrogens is 2. The van der Waals surface area contributed by atoms with Gasteiger partial charge in [0.05, 0.1) is 23.1 Å². The molecule has 7 heteroatoms. The second kappa shape index (κ2) is 7.73. The predicted molar refractivity (Wildman–Crippen MR) is 115 cm³/mol. The Bertz CT molecular complexity index is 985. The molecular weight excluding hydrogens is 400 g/mol. The zero-order chi connectivity index (χ0) is 20.8. The number of aryl methyl sites for hydroxylation is 1. The Hall–Kier alpha value is -2.34. The second-order valence-electron chi connectivity index (χ2n) is 8.81. The maximum Gasteiger partial charge on any atom is 0.257 e. The summed E-state index contributed by atoms with van der Waals surface area (Å²) in [6.07, 6.45) is 7.06. The lowest BCUT2D eigenvalue weighted by atomic mass is 9.84. The van der Waals surface area contributed by atoms with Gasteiger partial charge in [-0.15, -0.1) is 0 Å². The van der Waals surface area contributed by atoms with Gasteiger partial charge >= 0.3 is 0 Å². The second-order valence-corrected chi connectivity index (χ2v) is 9.22. The summed E-state index contributed by atoms with van der Waals surface area (Å²) >= 11 is 6.33. The molecule has 2 aliphatic carbocycles. The van der Waals surface area contributed by atoms with E-state index in [1.165, 1.54) is 0 Å². The lowest BCUT2D eigenvalue weighted by molar-refractivity contribution is -0.139. The maximum absolute atomic E-state index is 13.3. The molecule has 0 spiro atoms. The molecule has 1 aromatic carbocycles. The smallest absolute Gasteiger partial charge is 0.257 e. The fourth-order valence-electron chi connectivity index (χ4n) is 4.41. The molecule has 3 fully saturated rings. The van der Waals surface area contributed by atoms with Crippen molar-refractivity contribution in [2.45, 2.75) is 44.9 Å². The highest BCUT2D eigenvalue weighted by Gasteiger charge is 2.36. The fraction of sp³-hybridized carbons (Fsp3) is 0.522. The minimum absolute atomic E-state index is 0.0251. The van der Waals surface area contributed by atoms with E-state index in [4.69, 9.17) is 11.6 Å². The van der Waals surface area contributed by atoms with Crippen molar-refractivity contribution in [3.05, 3.63) is 46.2 Å². The van der Waals surface area contributed by atoms with Gasteiger partial charge in [0.25, 0.3) is 5.91 Å². The molecule has 158 valence electrons. The first kappa shape index (κ1) is 19.6. The predicted octanol–water partition coefficient (Wildman–Crippen LogP) is 3.80. The van der Waals surface area contributed by atoms with Gasteiger partial charge in [-0.1, -0.05) is 24.1 Å². The lowest BCUT2D eigenvalue weighted by Gasteiger charge is -2.38. The zero-order valence-electron chi connectivity index (χ0n) is 17.3. The van der Waals surface area contributed by atoms with Crippen molar-refractivity contribution in [1.29, 1.82) is 0 Å². The average Bonchev–Trinajstić information content (AvgIpc) is 3.46. The van der Waals surface area contributed by atoms with E-state index in [2.05, 4.69) is 5.10 Å². The molecule has 5 rings (SSSR count). The Morgan fingerprint density at radius 3 is 2.33 bits per heavy atom. The molecule has 0 bridgehead atoms. The summed E-state index contributed by atoms with van der Waals surface area (Å²) in [5.74, 6) is 0.884. The normalized spacial score (nSPS) is 19.7. The number of hydrogen-bond acceptors (Lipinski definition) is 3. The van der Waals surface area contributed by atoms with Gasteiger partial charge in [-0.25, -0.2) is 4.68 Å². The fourth-order valence-corrected chi connectivity index (χ4v) is 4.58. The van der Waals surface area contributed by atoms with Crippen LogP contribution in [0.15, 0.2) is 24.4 Å². The molecule has 2 amide bonds. The average molecular weight is 427 g/mol. The summed E-state index contributed by atoms with van der Waals surface area (Å²) < 4.78 is 1.88. The van der Waals surface area contributed by atoms with Gasteiger partial charge in [-0.3, -0.25) is 9.59 Å². The number of carbonyl (C=O) groups excluding carboxylic acids is 2. The van der Waals surface area contributed by atoms with Crippen LogP contribution in [-0.4, -0.2) is 57.6 Å². The van der Waals surface area contributed by atoms with E-state index >= 15 is 0 Å². The van der Waals surface area contributed by atoms with Crippen LogP contribution in [0.25, 0.3) is 5.69 Å². The molecule has 30 heavy (non-hydrogen) atoms.